The van der Waals surface area contributed by atoms with E-state index in [-0.39, 0.29) is 24.1 Å². The third-order valence-electron chi connectivity index (χ3n) is 4.14. The maximum absolute atomic E-state index is 12.5. The predicted octanol–water partition coefficient (Wildman–Crippen LogP) is 0.952. The average Bonchev–Trinajstić information content (AvgIpc) is 3.01. The van der Waals surface area contributed by atoms with Gasteiger partial charge >= 0.3 is 0 Å². The lowest BCUT2D eigenvalue weighted by Crippen LogP contribution is -2.36. The summed E-state index contributed by atoms with van der Waals surface area (Å²) >= 11 is 0. The van der Waals surface area contributed by atoms with Crippen LogP contribution in [0.15, 0.2) is 29.1 Å². The lowest BCUT2D eigenvalue weighted by Gasteiger charge is -2.18. The van der Waals surface area contributed by atoms with Crippen LogP contribution in [0.5, 0.6) is 0 Å². The van der Waals surface area contributed by atoms with Crippen LogP contribution in [0, 0.1) is 6.92 Å². The van der Waals surface area contributed by atoms with Crippen molar-refractivity contribution < 1.29 is 9.53 Å². The molecule has 6 nitrogen and oxygen atoms in total. The fraction of sp³-hybridized carbons (Fsp3) is 0.438. The van der Waals surface area contributed by atoms with Crippen LogP contribution in [0.1, 0.15) is 12.1 Å². The van der Waals surface area contributed by atoms with Crippen LogP contribution in [0.2, 0.25) is 0 Å². The van der Waals surface area contributed by atoms with Crippen molar-refractivity contribution >= 4 is 16.9 Å². The first-order chi connectivity index (χ1) is 10.6. The molecule has 0 aliphatic carbocycles. The zero-order chi connectivity index (χ0) is 15.7. The Hall–Kier alpha value is -2.21. The number of ether oxygens (including phenoxy) is 1. The van der Waals surface area contributed by atoms with E-state index in [0.29, 0.717) is 24.3 Å². The Morgan fingerprint density at radius 3 is 2.91 bits per heavy atom. The van der Waals surface area contributed by atoms with Gasteiger partial charge in [0, 0.05) is 20.2 Å². The number of carbonyl (C=O) groups excluding carboxylic acids is 1. The monoisotopic (exact) mass is 301 g/mol. The Morgan fingerprint density at radius 1 is 1.41 bits per heavy atom. The second-order valence-electron chi connectivity index (χ2n) is 5.56. The summed E-state index contributed by atoms with van der Waals surface area (Å²) in [7, 11) is 1.66. The summed E-state index contributed by atoms with van der Waals surface area (Å²) in [4.78, 5) is 30.9. The molecule has 0 N–H and O–H groups in total. The fourth-order valence-corrected chi connectivity index (χ4v) is 2.86. The summed E-state index contributed by atoms with van der Waals surface area (Å²) in [6, 6.07) is 7.38. The second-order valence-corrected chi connectivity index (χ2v) is 5.56. The number of nitrogens with zero attached hydrogens (tertiary/aromatic N) is 3. The van der Waals surface area contributed by atoms with Crippen molar-refractivity contribution in [2.75, 3.05) is 20.2 Å². The molecule has 1 aliphatic rings. The highest BCUT2D eigenvalue weighted by atomic mass is 16.5. The summed E-state index contributed by atoms with van der Waals surface area (Å²) in [5.41, 5.74) is 1.61. The maximum atomic E-state index is 12.5. The molecule has 0 spiro atoms. The minimum atomic E-state index is -0.213. The molecule has 6 heteroatoms. The minimum Gasteiger partial charge on any atom is -0.380 e. The van der Waals surface area contributed by atoms with Crippen molar-refractivity contribution in [3.8, 4) is 0 Å². The van der Waals surface area contributed by atoms with Crippen LogP contribution in [-0.2, 0) is 16.1 Å². The van der Waals surface area contributed by atoms with Crippen LogP contribution in [0.25, 0.3) is 11.0 Å². The van der Waals surface area contributed by atoms with E-state index in [1.807, 2.05) is 24.3 Å². The average molecular weight is 301 g/mol. The normalized spacial score (nSPS) is 18.1. The summed E-state index contributed by atoms with van der Waals surface area (Å²) in [5.74, 6) is -0.0580. The molecule has 3 rings (SSSR count). The standard InChI is InChI=1S/C16H19N3O3/c1-11-16(21)19(14-6-4-3-5-13(14)17-11)10-15(20)18-8-7-12(9-18)22-2/h3-6,12H,7-10H2,1-2H3/t12-/m1/s1. The molecule has 0 saturated carbocycles. The molecule has 0 radical (unpaired) electrons. The largest absolute Gasteiger partial charge is 0.380 e. The molecule has 1 aromatic carbocycles. The van der Waals surface area contributed by atoms with E-state index >= 15 is 0 Å². The molecule has 1 aromatic heterocycles. The zero-order valence-corrected chi connectivity index (χ0v) is 12.8. The Morgan fingerprint density at radius 2 is 2.18 bits per heavy atom. The Bertz CT molecular complexity index is 769. The molecule has 1 aliphatic heterocycles. The van der Waals surface area contributed by atoms with Gasteiger partial charge in [-0.15, -0.1) is 0 Å². The lowest BCUT2D eigenvalue weighted by atomic mass is 10.2. The molecule has 2 aromatic rings. The van der Waals surface area contributed by atoms with Crippen molar-refractivity contribution in [1.29, 1.82) is 0 Å². The summed E-state index contributed by atoms with van der Waals surface area (Å²) in [6.45, 7) is 2.98. The number of carbonyl (C=O) groups is 1. The SMILES string of the molecule is CO[C@@H]1CCN(C(=O)Cn2c(=O)c(C)nc3ccccc32)C1. The van der Waals surface area contributed by atoms with Crippen molar-refractivity contribution in [2.45, 2.75) is 26.0 Å². The second kappa shape index (κ2) is 5.88. The number of hydrogen-bond donors (Lipinski definition) is 0. The number of rotatable bonds is 3. The van der Waals surface area contributed by atoms with Crippen LogP contribution in [-0.4, -0.2) is 46.7 Å². The zero-order valence-electron chi connectivity index (χ0n) is 12.8. The van der Waals surface area contributed by atoms with Crippen LogP contribution in [0.4, 0.5) is 0 Å². The molecule has 1 amide bonds. The predicted molar refractivity (Wildman–Crippen MR) is 82.7 cm³/mol. The molecule has 1 saturated heterocycles. The van der Waals surface area contributed by atoms with Gasteiger partial charge in [0.05, 0.1) is 17.1 Å². The first-order valence-corrected chi connectivity index (χ1v) is 7.37. The van der Waals surface area contributed by atoms with Crippen LogP contribution in [0.3, 0.4) is 0 Å². The molecule has 0 unspecified atom stereocenters. The third-order valence-corrected chi connectivity index (χ3v) is 4.14. The first kappa shape index (κ1) is 14.7. The lowest BCUT2D eigenvalue weighted by molar-refractivity contribution is -0.131. The number of aryl methyl sites for hydroxylation is 1. The molecular formula is C16H19N3O3. The van der Waals surface area contributed by atoms with E-state index in [4.69, 9.17) is 4.74 Å². The Kier molecular flexibility index (Phi) is 3.94. The van der Waals surface area contributed by atoms with Crippen molar-refractivity contribution in [1.82, 2.24) is 14.5 Å². The number of hydrogen-bond acceptors (Lipinski definition) is 4. The van der Waals surface area contributed by atoms with Gasteiger partial charge in [0.1, 0.15) is 12.2 Å². The fourth-order valence-electron chi connectivity index (χ4n) is 2.86. The minimum absolute atomic E-state index is 0.0408. The molecule has 2 heterocycles. The Labute approximate surface area is 128 Å². The van der Waals surface area contributed by atoms with Gasteiger partial charge in [-0.2, -0.15) is 0 Å². The van der Waals surface area contributed by atoms with E-state index in [9.17, 15) is 9.59 Å². The number of para-hydroxylation sites is 2. The summed E-state index contributed by atoms with van der Waals surface area (Å²) < 4.78 is 6.80. The molecule has 1 atom stereocenters. The molecule has 1 fully saturated rings. The number of fused-ring (bicyclic) bond motifs is 1. The van der Waals surface area contributed by atoms with Gasteiger partial charge < -0.3 is 9.64 Å². The first-order valence-electron chi connectivity index (χ1n) is 7.37. The highest BCUT2D eigenvalue weighted by Gasteiger charge is 2.26. The summed E-state index contributed by atoms with van der Waals surface area (Å²) in [6.07, 6.45) is 0.935. The molecule has 116 valence electrons. The maximum Gasteiger partial charge on any atom is 0.272 e. The van der Waals surface area contributed by atoms with Crippen LogP contribution < -0.4 is 5.56 Å². The van der Waals surface area contributed by atoms with E-state index in [1.165, 1.54) is 4.57 Å². The smallest absolute Gasteiger partial charge is 0.272 e. The van der Waals surface area contributed by atoms with Gasteiger partial charge in [0.15, 0.2) is 0 Å². The van der Waals surface area contributed by atoms with E-state index in [0.717, 1.165) is 11.9 Å². The Balaban J connectivity index is 1.92. The van der Waals surface area contributed by atoms with E-state index < -0.39 is 0 Å². The van der Waals surface area contributed by atoms with Crippen molar-refractivity contribution in [3.63, 3.8) is 0 Å². The number of amides is 1. The van der Waals surface area contributed by atoms with Gasteiger partial charge in [-0.05, 0) is 25.5 Å². The van der Waals surface area contributed by atoms with Gasteiger partial charge in [0.2, 0.25) is 5.91 Å². The molecular weight excluding hydrogens is 282 g/mol. The van der Waals surface area contributed by atoms with Gasteiger partial charge in [-0.25, -0.2) is 4.98 Å². The molecule has 22 heavy (non-hydrogen) atoms. The van der Waals surface area contributed by atoms with Crippen molar-refractivity contribution in [2.24, 2.45) is 0 Å². The quantitative estimate of drug-likeness (QED) is 0.847. The molecule has 0 bridgehead atoms. The van der Waals surface area contributed by atoms with Gasteiger partial charge in [0.25, 0.3) is 5.56 Å². The van der Waals surface area contributed by atoms with E-state index in [1.54, 1.807) is 18.9 Å². The topological polar surface area (TPSA) is 64.4 Å². The van der Waals surface area contributed by atoms with Gasteiger partial charge in [-0.1, -0.05) is 12.1 Å². The highest BCUT2D eigenvalue weighted by molar-refractivity contribution is 5.80. The van der Waals surface area contributed by atoms with Crippen molar-refractivity contribution in [3.05, 3.63) is 40.3 Å². The number of benzene rings is 1. The third kappa shape index (κ3) is 2.62. The highest BCUT2D eigenvalue weighted by Crippen LogP contribution is 2.14. The van der Waals surface area contributed by atoms with E-state index in [2.05, 4.69) is 4.98 Å². The number of likely N-dealkylation sites (tertiary alicyclic amines) is 1. The number of aromatic nitrogens is 2. The summed E-state index contributed by atoms with van der Waals surface area (Å²) in [5, 5.41) is 0. The van der Waals surface area contributed by atoms with Gasteiger partial charge in [-0.3, -0.25) is 14.2 Å². The number of methoxy groups -OCH3 is 1. The van der Waals surface area contributed by atoms with Crippen LogP contribution >= 0.6 is 0 Å².